The maximum Gasteiger partial charge on any atom is 0.240 e. The van der Waals surface area contributed by atoms with Gasteiger partial charge >= 0.3 is 0 Å². The molecule has 0 saturated heterocycles. The molecule has 0 bridgehead atoms. The minimum atomic E-state index is -3.56. The highest BCUT2D eigenvalue weighted by atomic mass is 32.2. The maximum absolute atomic E-state index is 12.3. The fourth-order valence-electron chi connectivity index (χ4n) is 2.58. The topological polar surface area (TPSA) is 101 Å². The highest BCUT2D eigenvalue weighted by molar-refractivity contribution is 7.89. The molecule has 0 aliphatic carbocycles. The Balaban J connectivity index is 1.45. The summed E-state index contributed by atoms with van der Waals surface area (Å²) in [6, 6.07) is 16.4. The van der Waals surface area contributed by atoms with E-state index in [4.69, 9.17) is 0 Å². The predicted molar refractivity (Wildman–Crippen MR) is 113 cm³/mol. The molecule has 0 aliphatic rings. The van der Waals surface area contributed by atoms with Crippen molar-refractivity contribution in [2.75, 3.05) is 11.9 Å². The van der Waals surface area contributed by atoms with E-state index in [1.54, 1.807) is 24.3 Å². The normalized spacial score (nSPS) is 11.3. The lowest BCUT2D eigenvalue weighted by atomic mass is 10.1. The third-order valence-corrected chi connectivity index (χ3v) is 6.53. The van der Waals surface area contributed by atoms with Crippen molar-refractivity contribution in [3.8, 4) is 0 Å². The van der Waals surface area contributed by atoms with Gasteiger partial charge in [0.1, 0.15) is 5.01 Å². The van der Waals surface area contributed by atoms with Gasteiger partial charge in [-0.3, -0.25) is 4.79 Å². The third-order valence-electron chi connectivity index (χ3n) is 4.16. The zero-order chi connectivity index (χ0) is 20.7. The summed E-state index contributed by atoms with van der Waals surface area (Å²) in [5.41, 5.74) is 2.10. The minimum Gasteiger partial charge on any atom is -0.301 e. The monoisotopic (exact) mass is 430 g/mol. The number of hydrogen-bond donors (Lipinski definition) is 2. The number of nitrogens with one attached hydrogen (secondary N) is 2. The third kappa shape index (κ3) is 6.45. The van der Waals surface area contributed by atoms with Gasteiger partial charge in [-0.25, -0.2) is 13.1 Å². The molecule has 3 rings (SSSR count). The van der Waals surface area contributed by atoms with E-state index in [9.17, 15) is 13.2 Å². The molecule has 0 fully saturated rings. The molecule has 1 aromatic heterocycles. The van der Waals surface area contributed by atoms with E-state index < -0.39 is 10.0 Å². The van der Waals surface area contributed by atoms with Crippen LogP contribution in [0.2, 0.25) is 0 Å². The van der Waals surface area contributed by atoms with Crippen LogP contribution >= 0.6 is 11.3 Å². The molecule has 0 atom stereocenters. The number of aryl methyl sites for hydroxylation is 2. The van der Waals surface area contributed by atoms with Crippen molar-refractivity contribution in [3.63, 3.8) is 0 Å². The Morgan fingerprint density at radius 2 is 1.72 bits per heavy atom. The number of hydrogen-bond acceptors (Lipinski definition) is 6. The predicted octanol–water partition coefficient (Wildman–Crippen LogP) is 2.94. The molecule has 9 heteroatoms. The van der Waals surface area contributed by atoms with E-state index >= 15 is 0 Å². The number of rotatable bonds is 9. The summed E-state index contributed by atoms with van der Waals surface area (Å²) in [6.07, 6.45) is 1.40. The lowest BCUT2D eigenvalue weighted by Gasteiger charge is -2.05. The van der Waals surface area contributed by atoms with E-state index in [0.29, 0.717) is 29.4 Å². The van der Waals surface area contributed by atoms with Gasteiger partial charge in [0, 0.05) is 19.4 Å². The van der Waals surface area contributed by atoms with Crippen LogP contribution in [0.15, 0.2) is 59.5 Å². The lowest BCUT2D eigenvalue weighted by Crippen LogP contribution is -2.25. The van der Waals surface area contributed by atoms with Crippen LogP contribution in [-0.2, 0) is 27.7 Å². The van der Waals surface area contributed by atoms with Crippen LogP contribution in [-0.4, -0.2) is 31.1 Å². The molecule has 7 nitrogen and oxygen atoms in total. The SMILES string of the molecule is Cc1ccc(S(=O)(=O)NCCc2nnc(NC(=O)CCc3ccccc3)s2)cc1. The molecule has 2 N–H and O–H groups in total. The number of benzene rings is 2. The van der Waals surface area contributed by atoms with Crippen LogP contribution in [0.1, 0.15) is 22.6 Å². The average molecular weight is 431 g/mol. The van der Waals surface area contributed by atoms with Crippen molar-refractivity contribution >= 4 is 32.4 Å². The Hall–Kier alpha value is -2.62. The number of anilines is 1. The number of carbonyl (C=O) groups excluding carboxylic acids is 1. The van der Waals surface area contributed by atoms with Crippen molar-refractivity contribution in [2.24, 2.45) is 0 Å². The molecule has 2 aromatic carbocycles. The first-order valence-corrected chi connectivity index (χ1v) is 11.4. The van der Waals surface area contributed by atoms with Crippen LogP contribution in [0.25, 0.3) is 0 Å². The van der Waals surface area contributed by atoms with E-state index in [1.807, 2.05) is 37.3 Å². The highest BCUT2D eigenvalue weighted by Crippen LogP contribution is 2.16. The van der Waals surface area contributed by atoms with Crippen molar-refractivity contribution < 1.29 is 13.2 Å². The van der Waals surface area contributed by atoms with Crippen LogP contribution in [0.5, 0.6) is 0 Å². The minimum absolute atomic E-state index is 0.128. The summed E-state index contributed by atoms with van der Waals surface area (Å²) < 4.78 is 27.1. The Bertz CT molecular complexity index is 1050. The Morgan fingerprint density at radius 3 is 2.45 bits per heavy atom. The van der Waals surface area contributed by atoms with Gasteiger partial charge in [-0.2, -0.15) is 0 Å². The van der Waals surface area contributed by atoms with E-state index in [0.717, 1.165) is 11.1 Å². The summed E-state index contributed by atoms with van der Waals surface area (Å²) in [5.74, 6) is -0.128. The van der Waals surface area contributed by atoms with Crippen LogP contribution < -0.4 is 10.0 Å². The second kappa shape index (κ2) is 9.73. The van der Waals surface area contributed by atoms with E-state index in [2.05, 4.69) is 20.2 Å². The van der Waals surface area contributed by atoms with Crippen LogP contribution in [0.4, 0.5) is 5.13 Å². The molecule has 3 aromatic rings. The van der Waals surface area contributed by atoms with Gasteiger partial charge < -0.3 is 5.32 Å². The molecule has 1 amide bonds. The smallest absolute Gasteiger partial charge is 0.240 e. The molecule has 0 radical (unpaired) electrons. The Labute approximate surface area is 174 Å². The molecule has 1 heterocycles. The first-order chi connectivity index (χ1) is 13.9. The summed E-state index contributed by atoms with van der Waals surface area (Å²) in [7, 11) is -3.56. The van der Waals surface area contributed by atoms with E-state index in [-0.39, 0.29) is 17.3 Å². The van der Waals surface area contributed by atoms with Crippen molar-refractivity contribution in [2.45, 2.75) is 31.1 Å². The zero-order valence-corrected chi connectivity index (χ0v) is 17.6. The number of sulfonamides is 1. The number of nitrogens with zero attached hydrogens (tertiary/aromatic N) is 2. The first kappa shape index (κ1) is 21.1. The van der Waals surface area contributed by atoms with Gasteiger partial charge in [0.15, 0.2) is 0 Å². The fourth-order valence-corrected chi connectivity index (χ4v) is 4.37. The molecule has 0 spiro atoms. The number of carbonyl (C=O) groups is 1. The van der Waals surface area contributed by atoms with Gasteiger partial charge in [-0.1, -0.05) is 59.4 Å². The molecule has 29 heavy (non-hydrogen) atoms. The fraction of sp³-hybridized carbons (Fsp3) is 0.250. The zero-order valence-electron chi connectivity index (χ0n) is 16.0. The first-order valence-electron chi connectivity index (χ1n) is 9.15. The summed E-state index contributed by atoms with van der Waals surface area (Å²) in [4.78, 5) is 12.3. The summed E-state index contributed by atoms with van der Waals surface area (Å²) in [6.45, 7) is 2.10. The highest BCUT2D eigenvalue weighted by Gasteiger charge is 2.14. The van der Waals surface area contributed by atoms with Gasteiger partial charge in [-0.15, -0.1) is 10.2 Å². The van der Waals surface area contributed by atoms with Gasteiger partial charge in [-0.05, 0) is 31.0 Å². The van der Waals surface area contributed by atoms with E-state index in [1.165, 1.54) is 11.3 Å². The second-order valence-corrected chi connectivity index (χ2v) is 9.32. The van der Waals surface area contributed by atoms with Gasteiger partial charge in [0.25, 0.3) is 0 Å². The van der Waals surface area contributed by atoms with Crippen molar-refractivity contribution in [1.82, 2.24) is 14.9 Å². The maximum atomic E-state index is 12.3. The number of amides is 1. The molecule has 0 aliphatic heterocycles. The molecular weight excluding hydrogens is 408 g/mol. The van der Waals surface area contributed by atoms with Crippen molar-refractivity contribution in [3.05, 3.63) is 70.7 Å². The Kier molecular flexibility index (Phi) is 7.08. The molecule has 0 unspecified atom stereocenters. The van der Waals surface area contributed by atoms with Crippen molar-refractivity contribution in [1.29, 1.82) is 0 Å². The standard InChI is InChI=1S/C20H22N4O3S2/c1-15-7-10-17(11-8-15)29(26,27)21-14-13-19-23-24-20(28-19)22-18(25)12-9-16-5-3-2-4-6-16/h2-8,10-11,21H,9,12-14H2,1H3,(H,22,24,25). The molecule has 152 valence electrons. The van der Waals surface area contributed by atoms with Gasteiger partial charge in [0.2, 0.25) is 21.1 Å². The second-order valence-electron chi connectivity index (χ2n) is 6.50. The largest absolute Gasteiger partial charge is 0.301 e. The van der Waals surface area contributed by atoms with Gasteiger partial charge in [0.05, 0.1) is 4.90 Å². The average Bonchev–Trinajstić information content (AvgIpc) is 3.14. The summed E-state index contributed by atoms with van der Waals surface area (Å²) >= 11 is 1.24. The van der Waals surface area contributed by atoms with Crippen LogP contribution in [0, 0.1) is 6.92 Å². The molecule has 0 saturated carbocycles. The number of aromatic nitrogens is 2. The Morgan fingerprint density at radius 1 is 1.00 bits per heavy atom. The lowest BCUT2D eigenvalue weighted by molar-refractivity contribution is -0.116. The molecular formula is C20H22N4O3S2. The summed E-state index contributed by atoms with van der Waals surface area (Å²) in [5, 5.41) is 11.8. The van der Waals surface area contributed by atoms with Crippen LogP contribution in [0.3, 0.4) is 0 Å². The quantitative estimate of drug-likeness (QED) is 0.544.